The van der Waals surface area contributed by atoms with Crippen LogP contribution in [0.4, 0.5) is 5.82 Å². The van der Waals surface area contributed by atoms with Gasteiger partial charge in [0.1, 0.15) is 11.9 Å². The van der Waals surface area contributed by atoms with E-state index in [9.17, 15) is 4.79 Å². The number of anilines is 1. The van der Waals surface area contributed by atoms with Crippen molar-refractivity contribution in [2.24, 2.45) is 0 Å². The number of carbonyl (C=O) groups excluding carboxylic acids is 1. The summed E-state index contributed by atoms with van der Waals surface area (Å²) in [6, 6.07) is 5.43. The van der Waals surface area contributed by atoms with Crippen LogP contribution in [0.1, 0.15) is 41.4 Å². The highest BCUT2D eigenvalue weighted by Gasteiger charge is 2.33. The molecular weight excluding hydrogens is 322 g/mol. The fourth-order valence-electron chi connectivity index (χ4n) is 2.91. The quantitative estimate of drug-likeness (QED) is 0.817. The summed E-state index contributed by atoms with van der Waals surface area (Å²) in [6.07, 6.45) is 2.92. The number of hydrogen-bond donors (Lipinski definition) is 0. The minimum Gasteiger partial charge on any atom is -0.471 e. The van der Waals surface area contributed by atoms with Crippen molar-refractivity contribution in [1.82, 2.24) is 20.3 Å². The topological polar surface area (TPSA) is 84.6 Å². The molecule has 0 unspecified atom stereocenters. The lowest BCUT2D eigenvalue weighted by molar-refractivity contribution is 0.0760. The number of aromatic nitrogens is 3. The molecule has 4 rings (SSSR count). The largest absolute Gasteiger partial charge is 0.471 e. The first-order valence-electron chi connectivity index (χ1n) is 8.54. The van der Waals surface area contributed by atoms with E-state index < -0.39 is 0 Å². The number of ether oxygens (including phenoxy) is 1. The van der Waals surface area contributed by atoms with Crippen molar-refractivity contribution in [3.63, 3.8) is 0 Å². The van der Waals surface area contributed by atoms with Crippen LogP contribution in [0.15, 0.2) is 22.7 Å². The number of hydrogen-bond acceptors (Lipinski definition) is 7. The molecule has 0 spiro atoms. The molecular formula is C17H21N5O3. The molecule has 0 N–H and O–H groups in total. The summed E-state index contributed by atoms with van der Waals surface area (Å²) >= 11 is 0. The third-order valence-electron chi connectivity index (χ3n) is 4.53. The second kappa shape index (κ2) is 6.34. The van der Waals surface area contributed by atoms with Crippen molar-refractivity contribution in [2.45, 2.75) is 31.3 Å². The Morgan fingerprint density at radius 1 is 1.28 bits per heavy atom. The zero-order valence-corrected chi connectivity index (χ0v) is 14.4. The van der Waals surface area contributed by atoms with E-state index in [-0.39, 0.29) is 12.0 Å². The third kappa shape index (κ3) is 3.42. The Labute approximate surface area is 145 Å². The van der Waals surface area contributed by atoms with Gasteiger partial charge in [0.15, 0.2) is 11.5 Å². The van der Waals surface area contributed by atoms with Gasteiger partial charge in [0, 0.05) is 45.1 Å². The maximum Gasteiger partial charge on any atom is 0.276 e. The molecule has 2 aromatic heterocycles. The highest BCUT2D eigenvalue weighted by Crippen LogP contribution is 2.40. The van der Waals surface area contributed by atoms with Gasteiger partial charge in [-0.3, -0.25) is 4.79 Å². The average molecular weight is 343 g/mol. The summed E-state index contributed by atoms with van der Waals surface area (Å²) in [6.45, 7) is 1.15. The maximum absolute atomic E-state index is 12.5. The molecule has 1 amide bonds. The van der Waals surface area contributed by atoms with Crippen molar-refractivity contribution < 1.29 is 14.1 Å². The van der Waals surface area contributed by atoms with Gasteiger partial charge in [0.05, 0.1) is 6.54 Å². The summed E-state index contributed by atoms with van der Waals surface area (Å²) in [5.41, 5.74) is 0.387. The first-order valence-corrected chi connectivity index (χ1v) is 8.54. The van der Waals surface area contributed by atoms with Gasteiger partial charge in [-0.25, -0.2) is 0 Å². The zero-order chi connectivity index (χ0) is 17.4. The van der Waals surface area contributed by atoms with E-state index in [2.05, 4.69) is 15.4 Å². The molecule has 1 saturated heterocycles. The van der Waals surface area contributed by atoms with Crippen LogP contribution in [0.3, 0.4) is 0 Å². The number of nitrogens with zero attached hydrogens (tertiary/aromatic N) is 5. The molecule has 2 aliphatic rings. The Balaban J connectivity index is 1.34. The normalized spacial score (nSPS) is 19.9. The summed E-state index contributed by atoms with van der Waals surface area (Å²) in [4.78, 5) is 16.2. The van der Waals surface area contributed by atoms with E-state index in [1.54, 1.807) is 17.0 Å². The summed E-state index contributed by atoms with van der Waals surface area (Å²) < 4.78 is 11.1. The molecule has 1 aliphatic carbocycles. The predicted molar refractivity (Wildman–Crippen MR) is 89.8 cm³/mol. The maximum atomic E-state index is 12.5. The Kier molecular flexibility index (Phi) is 4.03. The number of carbonyl (C=O) groups is 1. The number of rotatable bonds is 5. The van der Waals surface area contributed by atoms with Crippen LogP contribution in [-0.4, -0.2) is 59.4 Å². The van der Waals surface area contributed by atoms with Crippen LogP contribution in [0.2, 0.25) is 0 Å². The molecule has 0 bridgehead atoms. The van der Waals surface area contributed by atoms with Gasteiger partial charge < -0.3 is 19.1 Å². The lowest BCUT2D eigenvalue weighted by Crippen LogP contribution is -2.31. The van der Waals surface area contributed by atoms with Crippen molar-refractivity contribution in [2.75, 3.05) is 32.1 Å². The fraction of sp³-hybridized carbons (Fsp3) is 0.529. The minimum absolute atomic E-state index is 0.0849. The van der Waals surface area contributed by atoms with E-state index in [1.165, 1.54) is 0 Å². The van der Waals surface area contributed by atoms with Gasteiger partial charge in [-0.1, -0.05) is 5.16 Å². The van der Waals surface area contributed by atoms with Crippen molar-refractivity contribution >= 4 is 11.7 Å². The zero-order valence-electron chi connectivity index (χ0n) is 14.4. The third-order valence-corrected chi connectivity index (χ3v) is 4.53. The summed E-state index contributed by atoms with van der Waals surface area (Å²) in [5, 5.41) is 12.1. The SMILES string of the molecule is CN(C)c1ccc(O[C@@H]2CCN(C(=O)c3cc(C4CC4)on3)C2)nn1. The lowest BCUT2D eigenvalue weighted by Gasteiger charge is -2.16. The van der Waals surface area contributed by atoms with Crippen LogP contribution < -0.4 is 9.64 Å². The predicted octanol–water partition coefficient (Wildman–Crippen LogP) is 1.70. The second-order valence-corrected chi connectivity index (χ2v) is 6.79. The monoisotopic (exact) mass is 343 g/mol. The van der Waals surface area contributed by atoms with Gasteiger partial charge in [-0.15, -0.1) is 10.2 Å². The Morgan fingerprint density at radius 3 is 2.80 bits per heavy atom. The number of amides is 1. The van der Waals surface area contributed by atoms with E-state index in [4.69, 9.17) is 9.26 Å². The van der Waals surface area contributed by atoms with E-state index in [0.717, 1.165) is 30.8 Å². The molecule has 0 radical (unpaired) electrons. The Bertz CT molecular complexity index is 754. The van der Waals surface area contributed by atoms with Gasteiger partial charge in [-0.2, -0.15) is 0 Å². The van der Waals surface area contributed by atoms with E-state index in [1.807, 2.05) is 25.1 Å². The van der Waals surface area contributed by atoms with E-state index >= 15 is 0 Å². The molecule has 2 fully saturated rings. The number of likely N-dealkylation sites (tertiary alicyclic amines) is 1. The highest BCUT2D eigenvalue weighted by atomic mass is 16.5. The molecule has 1 aliphatic heterocycles. The Morgan fingerprint density at radius 2 is 2.12 bits per heavy atom. The van der Waals surface area contributed by atoms with Crippen LogP contribution in [0, 0.1) is 0 Å². The van der Waals surface area contributed by atoms with Crippen LogP contribution in [0.25, 0.3) is 0 Å². The van der Waals surface area contributed by atoms with Gasteiger partial charge >= 0.3 is 0 Å². The molecule has 8 nitrogen and oxygen atoms in total. The van der Waals surface area contributed by atoms with E-state index in [0.29, 0.717) is 30.6 Å². The molecule has 8 heteroatoms. The summed E-state index contributed by atoms with van der Waals surface area (Å²) in [5.74, 6) is 2.42. The molecule has 1 saturated carbocycles. The lowest BCUT2D eigenvalue weighted by atomic mass is 10.2. The second-order valence-electron chi connectivity index (χ2n) is 6.79. The van der Waals surface area contributed by atoms with Crippen LogP contribution in [0.5, 0.6) is 5.88 Å². The van der Waals surface area contributed by atoms with Crippen molar-refractivity contribution in [3.8, 4) is 5.88 Å². The standard InChI is InChI=1S/C17H21N5O3/c1-21(2)15-5-6-16(19-18-15)24-12-7-8-22(10-12)17(23)13-9-14(25-20-13)11-3-4-11/h5-6,9,11-12H,3-4,7-8,10H2,1-2H3/t12-/m1/s1. The minimum atomic E-state index is -0.101. The van der Waals surface area contributed by atoms with Crippen molar-refractivity contribution in [3.05, 3.63) is 29.7 Å². The molecule has 0 aromatic carbocycles. The van der Waals surface area contributed by atoms with Gasteiger partial charge in [0.25, 0.3) is 5.91 Å². The molecule has 1 atom stereocenters. The fourth-order valence-corrected chi connectivity index (χ4v) is 2.91. The molecule has 25 heavy (non-hydrogen) atoms. The summed E-state index contributed by atoms with van der Waals surface area (Å²) in [7, 11) is 3.81. The van der Waals surface area contributed by atoms with Gasteiger partial charge in [0.2, 0.25) is 5.88 Å². The first-order chi connectivity index (χ1) is 12.1. The molecule has 3 heterocycles. The van der Waals surface area contributed by atoms with Crippen LogP contribution >= 0.6 is 0 Å². The molecule has 132 valence electrons. The average Bonchev–Trinajstić information content (AvgIpc) is 3.16. The van der Waals surface area contributed by atoms with Crippen molar-refractivity contribution in [1.29, 1.82) is 0 Å². The smallest absolute Gasteiger partial charge is 0.276 e. The first kappa shape index (κ1) is 15.9. The van der Waals surface area contributed by atoms with Crippen LogP contribution in [-0.2, 0) is 0 Å². The highest BCUT2D eigenvalue weighted by molar-refractivity contribution is 5.92. The molecule has 2 aromatic rings. The Hall–Kier alpha value is -2.64. The van der Waals surface area contributed by atoms with Gasteiger partial charge in [-0.05, 0) is 18.9 Å².